The van der Waals surface area contributed by atoms with E-state index in [-0.39, 0.29) is 11.7 Å². The summed E-state index contributed by atoms with van der Waals surface area (Å²) in [4.78, 5) is 17.0. The Bertz CT molecular complexity index is 380. The van der Waals surface area contributed by atoms with Crippen molar-refractivity contribution >= 4 is 11.7 Å². The van der Waals surface area contributed by atoms with Crippen LogP contribution in [0.2, 0.25) is 0 Å². The highest BCUT2D eigenvalue weighted by molar-refractivity contribution is 6.06. The molecule has 3 N–H and O–H groups in total. The molecular formula is C13H24N4O3. The number of nitrogens with two attached hydrogens (primary N) is 1. The van der Waals surface area contributed by atoms with Gasteiger partial charge < -0.3 is 25.5 Å². The lowest BCUT2D eigenvalue weighted by molar-refractivity contribution is -0.142. The van der Waals surface area contributed by atoms with Crippen LogP contribution in [-0.2, 0) is 9.53 Å². The van der Waals surface area contributed by atoms with Crippen LogP contribution in [0.5, 0.6) is 0 Å². The number of nitrogens with zero attached hydrogens (tertiary/aromatic N) is 3. The van der Waals surface area contributed by atoms with E-state index >= 15 is 0 Å². The van der Waals surface area contributed by atoms with Crippen molar-refractivity contribution in [2.45, 2.75) is 19.3 Å². The van der Waals surface area contributed by atoms with E-state index in [0.717, 1.165) is 26.1 Å². The number of carbonyl (C=O) groups excluding carboxylic acids is 1. The fraction of sp³-hybridized carbons (Fsp3) is 0.846. The van der Waals surface area contributed by atoms with Gasteiger partial charge in [-0.15, -0.1) is 0 Å². The number of amidine groups is 1. The topological polar surface area (TPSA) is 91.4 Å². The molecule has 20 heavy (non-hydrogen) atoms. The molecule has 0 saturated carbocycles. The maximum Gasteiger partial charge on any atom is 0.236 e. The minimum atomic E-state index is -0.893. The third kappa shape index (κ3) is 2.88. The summed E-state index contributed by atoms with van der Waals surface area (Å²) in [7, 11) is 2.06. The molecule has 0 radical (unpaired) electrons. The molecule has 114 valence electrons. The van der Waals surface area contributed by atoms with Crippen molar-refractivity contribution in [3.63, 3.8) is 0 Å². The summed E-state index contributed by atoms with van der Waals surface area (Å²) in [6.07, 6.45) is 1.91. The number of likely N-dealkylation sites (N-methyl/N-ethyl adjacent to an activating group) is 1. The van der Waals surface area contributed by atoms with E-state index in [0.29, 0.717) is 32.6 Å². The van der Waals surface area contributed by atoms with Crippen LogP contribution in [0.3, 0.4) is 0 Å². The van der Waals surface area contributed by atoms with Crippen molar-refractivity contribution in [3.8, 4) is 0 Å². The van der Waals surface area contributed by atoms with Crippen LogP contribution in [0.15, 0.2) is 5.16 Å². The van der Waals surface area contributed by atoms with E-state index in [2.05, 4.69) is 17.1 Å². The van der Waals surface area contributed by atoms with Crippen molar-refractivity contribution in [2.24, 2.45) is 16.3 Å². The number of amides is 1. The van der Waals surface area contributed by atoms with E-state index in [1.165, 1.54) is 0 Å². The monoisotopic (exact) mass is 284 g/mol. The number of hydrogen-bond acceptors (Lipinski definition) is 5. The summed E-state index contributed by atoms with van der Waals surface area (Å²) in [5.41, 5.74) is 4.95. The number of rotatable bonds is 2. The predicted octanol–water partition coefficient (Wildman–Crippen LogP) is -0.306. The molecule has 2 rings (SSSR count). The molecule has 0 bridgehead atoms. The normalized spacial score (nSPS) is 25.2. The second-order valence-corrected chi connectivity index (χ2v) is 5.63. The molecular weight excluding hydrogens is 260 g/mol. The van der Waals surface area contributed by atoms with Crippen LogP contribution >= 0.6 is 0 Å². The van der Waals surface area contributed by atoms with Crippen molar-refractivity contribution < 1.29 is 14.7 Å². The first kappa shape index (κ1) is 15.1. The summed E-state index contributed by atoms with van der Waals surface area (Å²) in [5.74, 6) is -0.00481. The zero-order chi connectivity index (χ0) is 14.6. The lowest BCUT2D eigenvalue weighted by Gasteiger charge is -2.38. The van der Waals surface area contributed by atoms with Gasteiger partial charge in [0, 0.05) is 32.8 Å². The van der Waals surface area contributed by atoms with Gasteiger partial charge in [0.15, 0.2) is 5.84 Å². The molecule has 0 aromatic rings. The minimum absolute atomic E-state index is 0.0170. The van der Waals surface area contributed by atoms with Crippen molar-refractivity contribution in [1.29, 1.82) is 0 Å². The Hall–Kier alpha value is -1.34. The smallest absolute Gasteiger partial charge is 0.236 e. The van der Waals surface area contributed by atoms with Gasteiger partial charge in [0.1, 0.15) is 5.41 Å². The van der Waals surface area contributed by atoms with Gasteiger partial charge in [-0.3, -0.25) is 4.79 Å². The molecule has 0 aromatic carbocycles. The summed E-state index contributed by atoms with van der Waals surface area (Å²) < 4.78 is 5.33. The standard InChI is InChI=1S/C13H24N4O3/c1-16-5-2-6-17(8-7-16)12(18)13(11(14)15-19)3-9-20-10-4-13/h19H,2-10H2,1H3,(H2,14,15). The highest BCUT2D eigenvalue weighted by Gasteiger charge is 2.46. The van der Waals surface area contributed by atoms with Gasteiger partial charge in [-0.1, -0.05) is 5.16 Å². The predicted molar refractivity (Wildman–Crippen MR) is 74.6 cm³/mol. The second kappa shape index (κ2) is 6.41. The van der Waals surface area contributed by atoms with Crippen molar-refractivity contribution in [3.05, 3.63) is 0 Å². The SMILES string of the molecule is CN1CCCN(C(=O)C2(C(N)=NO)CCOCC2)CC1. The Morgan fingerprint density at radius 3 is 2.60 bits per heavy atom. The van der Waals surface area contributed by atoms with Crippen molar-refractivity contribution in [2.75, 3.05) is 46.4 Å². The average Bonchev–Trinajstić information content (AvgIpc) is 2.71. The highest BCUT2D eigenvalue weighted by atomic mass is 16.5. The summed E-state index contributed by atoms with van der Waals surface area (Å²) in [5, 5.41) is 12.2. The molecule has 0 unspecified atom stereocenters. The third-order valence-electron chi connectivity index (χ3n) is 4.36. The largest absolute Gasteiger partial charge is 0.409 e. The minimum Gasteiger partial charge on any atom is -0.409 e. The number of oxime groups is 1. The molecule has 1 amide bonds. The fourth-order valence-corrected chi connectivity index (χ4v) is 2.95. The second-order valence-electron chi connectivity index (χ2n) is 5.63. The molecule has 2 saturated heterocycles. The first-order valence-electron chi connectivity index (χ1n) is 7.14. The lowest BCUT2D eigenvalue weighted by atomic mass is 9.77. The van der Waals surface area contributed by atoms with E-state index in [4.69, 9.17) is 15.7 Å². The number of hydrogen-bond donors (Lipinski definition) is 2. The Balaban J connectivity index is 2.18. The molecule has 2 aliphatic heterocycles. The third-order valence-corrected chi connectivity index (χ3v) is 4.36. The summed E-state index contributed by atoms with van der Waals surface area (Å²) in [6.45, 7) is 4.20. The number of ether oxygens (including phenoxy) is 1. The van der Waals surface area contributed by atoms with Gasteiger partial charge in [-0.2, -0.15) is 0 Å². The molecule has 0 atom stereocenters. The zero-order valence-corrected chi connectivity index (χ0v) is 12.0. The Morgan fingerprint density at radius 1 is 1.25 bits per heavy atom. The van der Waals surface area contributed by atoms with Gasteiger partial charge in [0.25, 0.3) is 0 Å². The van der Waals surface area contributed by atoms with Gasteiger partial charge in [0.2, 0.25) is 5.91 Å². The first-order valence-corrected chi connectivity index (χ1v) is 7.14. The van der Waals surface area contributed by atoms with Crippen LogP contribution in [0.4, 0.5) is 0 Å². The van der Waals surface area contributed by atoms with E-state index in [9.17, 15) is 4.79 Å². The molecule has 0 spiro atoms. The maximum atomic E-state index is 12.9. The van der Waals surface area contributed by atoms with E-state index in [1.54, 1.807) is 0 Å². The van der Waals surface area contributed by atoms with E-state index in [1.807, 2.05) is 4.90 Å². The Morgan fingerprint density at radius 2 is 1.95 bits per heavy atom. The molecule has 2 heterocycles. The van der Waals surface area contributed by atoms with Gasteiger partial charge >= 0.3 is 0 Å². The molecule has 0 aliphatic carbocycles. The number of carbonyl (C=O) groups is 1. The first-order chi connectivity index (χ1) is 9.60. The van der Waals surface area contributed by atoms with Gasteiger partial charge in [-0.25, -0.2) is 0 Å². The lowest BCUT2D eigenvalue weighted by Crippen LogP contribution is -2.54. The highest BCUT2D eigenvalue weighted by Crippen LogP contribution is 2.33. The van der Waals surface area contributed by atoms with Gasteiger partial charge in [-0.05, 0) is 32.9 Å². The van der Waals surface area contributed by atoms with E-state index < -0.39 is 5.41 Å². The molecule has 7 nitrogen and oxygen atoms in total. The van der Waals surface area contributed by atoms with Crippen LogP contribution in [-0.4, -0.2) is 73.2 Å². The molecule has 2 fully saturated rings. The van der Waals surface area contributed by atoms with Crippen LogP contribution in [0, 0.1) is 5.41 Å². The van der Waals surface area contributed by atoms with Crippen LogP contribution < -0.4 is 5.73 Å². The maximum absolute atomic E-state index is 12.9. The fourth-order valence-electron chi connectivity index (χ4n) is 2.95. The summed E-state index contributed by atoms with van der Waals surface area (Å²) in [6, 6.07) is 0. The molecule has 7 heteroatoms. The van der Waals surface area contributed by atoms with Crippen LogP contribution in [0.1, 0.15) is 19.3 Å². The zero-order valence-electron chi connectivity index (χ0n) is 12.0. The molecule has 2 aliphatic rings. The quantitative estimate of drug-likeness (QED) is 0.314. The average molecular weight is 284 g/mol. The van der Waals surface area contributed by atoms with Gasteiger partial charge in [0.05, 0.1) is 0 Å². The van der Waals surface area contributed by atoms with Crippen LogP contribution in [0.25, 0.3) is 0 Å². The Labute approximate surface area is 119 Å². The van der Waals surface area contributed by atoms with Crippen molar-refractivity contribution in [1.82, 2.24) is 9.80 Å². The Kier molecular flexibility index (Phi) is 4.82. The molecule has 0 aromatic heterocycles. The summed E-state index contributed by atoms with van der Waals surface area (Å²) >= 11 is 0.